The van der Waals surface area contributed by atoms with Gasteiger partial charge < -0.3 is 14.8 Å². The van der Waals surface area contributed by atoms with Gasteiger partial charge >= 0.3 is 0 Å². The van der Waals surface area contributed by atoms with Crippen LogP contribution in [0.3, 0.4) is 0 Å². The van der Waals surface area contributed by atoms with E-state index < -0.39 is 0 Å². The Hall–Kier alpha value is -2.01. The molecule has 1 aromatic heterocycles. The molecule has 118 valence electrons. The first kappa shape index (κ1) is 16.4. The highest BCUT2D eigenvalue weighted by atomic mass is 32.1. The molecule has 0 aliphatic rings. The fourth-order valence-electron chi connectivity index (χ4n) is 2.10. The molecule has 2 rings (SSSR count). The predicted octanol–water partition coefficient (Wildman–Crippen LogP) is 4.04. The molecule has 4 nitrogen and oxygen atoms in total. The Kier molecular flexibility index (Phi) is 5.83. The van der Waals surface area contributed by atoms with E-state index in [9.17, 15) is 4.79 Å². The maximum Gasteiger partial charge on any atom is 0.261 e. The minimum Gasteiger partial charge on any atom is -0.490 e. The van der Waals surface area contributed by atoms with Gasteiger partial charge in [-0.25, -0.2) is 0 Å². The molecule has 1 aromatic carbocycles. The number of hydrogen-bond donors (Lipinski definition) is 1. The lowest BCUT2D eigenvalue weighted by molar-refractivity contribution is 0.0944. The molecule has 1 atom stereocenters. The van der Waals surface area contributed by atoms with Crippen LogP contribution in [0.5, 0.6) is 11.5 Å². The number of carbonyl (C=O) groups excluding carboxylic acids is 1. The highest BCUT2D eigenvalue weighted by molar-refractivity contribution is 7.12. The van der Waals surface area contributed by atoms with Gasteiger partial charge in [-0.2, -0.15) is 0 Å². The summed E-state index contributed by atoms with van der Waals surface area (Å²) < 4.78 is 11.2. The lowest BCUT2D eigenvalue weighted by atomic mass is 10.1. The third-order valence-electron chi connectivity index (χ3n) is 3.16. The van der Waals surface area contributed by atoms with Gasteiger partial charge in [-0.3, -0.25) is 4.79 Å². The summed E-state index contributed by atoms with van der Waals surface area (Å²) in [6, 6.07) is 9.34. The van der Waals surface area contributed by atoms with Crippen LogP contribution >= 0.6 is 11.3 Å². The zero-order valence-electron chi connectivity index (χ0n) is 13.1. The molecule has 0 radical (unpaired) electrons. The zero-order chi connectivity index (χ0) is 15.9. The standard InChI is InChI=1S/C17H21NO3S/c1-4-20-14-9-8-13(11-15(14)21-5-2)12(3)18-17(19)16-7-6-10-22-16/h6-12H,4-5H2,1-3H3,(H,18,19)/t12-/m1/s1. The van der Waals surface area contributed by atoms with Crippen LogP contribution < -0.4 is 14.8 Å². The van der Waals surface area contributed by atoms with E-state index in [1.54, 1.807) is 0 Å². The van der Waals surface area contributed by atoms with Crippen LogP contribution in [0.15, 0.2) is 35.7 Å². The molecule has 2 aromatic rings. The van der Waals surface area contributed by atoms with Gasteiger partial charge in [0, 0.05) is 0 Å². The van der Waals surface area contributed by atoms with E-state index in [0.717, 1.165) is 11.3 Å². The van der Waals surface area contributed by atoms with Crippen molar-refractivity contribution >= 4 is 17.2 Å². The molecule has 22 heavy (non-hydrogen) atoms. The summed E-state index contributed by atoms with van der Waals surface area (Å²) in [7, 11) is 0. The average molecular weight is 319 g/mol. The van der Waals surface area contributed by atoms with Crippen LogP contribution in [0.2, 0.25) is 0 Å². The fourth-order valence-corrected chi connectivity index (χ4v) is 2.72. The van der Waals surface area contributed by atoms with Gasteiger partial charge in [0.15, 0.2) is 11.5 Å². The molecule has 0 aliphatic carbocycles. The summed E-state index contributed by atoms with van der Waals surface area (Å²) in [6.07, 6.45) is 0. The summed E-state index contributed by atoms with van der Waals surface area (Å²) in [5, 5.41) is 4.89. The van der Waals surface area contributed by atoms with Crippen molar-refractivity contribution in [3.05, 3.63) is 46.2 Å². The molecule has 0 unspecified atom stereocenters. The van der Waals surface area contributed by atoms with Crippen LogP contribution in [0.4, 0.5) is 0 Å². The van der Waals surface area contributed by atoms with Crippen LogP contribution in [0.1, 0.15) is 42.0 Å². The van der Waals surface area contributed by atoms with Gasteiger partial charge in [-0.1, -0.05) is 12.1 Å². The zero-order valence-corrected chi connectivity index (χ0v) is 13.9. The molecule has 0 fully saturated rings. The van der Waals surface area contributed by atoms with Crippen molar-refractivity contribution in [2.24, 2.45) is 0 Å². The SMILES string of the molecule is CCOc1ccc([C@@H](C)NC(=O)c2cccs2)cc1OCC. The summed E-state index contributed by atoms with van der Waals surface area (Å²) in [5.41, 5.74) is 0.983. The first-order valence-electron chi connectivity index (χ1n) is 7.39. The second kappa shape index (κ2) is 7.84. The van der Waals surface area contributed by atoms with Gasteiger partial charge in [-0.15, -0.1) is 11.3 Å². The highest BCUT2D eigenvalue weighted by Crippen LogP contribution is 2.30. The molecular formula is C17H21NO3S. The Balaban J connectivity index is 2.13. The van der Waals surface area contributed by atoms with E-state index in [0.29, 0.717) is 23.8 Å². The smallest absolute Gasteiger partial charge is 0.261 e. The molecular weight excluding hydrogens is 298 g/mol. The average Bonchev–Trinajstić information content (AvgIpc) is 3.04. The molecule has 0 spiro atoms. The summed E-state index contributed by atoms with van der Waals surface area (Å²) >= 11 is 1.43. The number of carbonyl (C=O) groups is 1. The monoisotopic (exact) mass is 319 g/mol. The number of rotatable bonds is 7. The van der Waals surface area contributed by atoms with E-state index >= 15 is 0 Å². The predicted molar refractivity (Wildman–Crippen MR) is 89.0 cm³/mol. The Labute approximate surface area is 135 Å². The van der Waals surface area contributed by atoms with E-state index in [1.165, 1.54) is 11.3 Å². The van der Waals surface area contributed by atoms with Crippen molar-refractivity contribution in [3.8, 4) is 11.5 Å². The summed E-state index contributed by atoms with van der Waals surface area (Å²) in [4.78, 5) is 12.8. The Morgan fingerprint density at radius 2 is 1.91 bits per heavy atom. The lowest BCUT2D eigenvalue weighted by Gasteiger charge is -2.17. The van der Waals surface area contributed by atoms with Crippen molar-refractivity contribution in [1.29, 1.82) is 0 Å². The van der Waals surface area contributed by atoms with Crippen LogP contribution in [0, 0.1) is 0 Å². The second-order valence-corrected chi connectivity index (χ2v) is 5.69. The number of hydrogen-bond acceptors (Lipinski definition) is 4. The minimum absolute atomic E-state index is 0.0608. The number of ether oxygens (including phenoxy) is 2. The largest absolute Gasteiger partial charge is 0.490 e. The number of nitrogens with one attached hydrogen (secondary N) is 1. The quantitative estimate of drug-likeness (QED) is 0.838. The van der Waals surface area contributed by atoms with Crippen LogP contribution in [-0.4, -0.2) is 19.1 Å². The number of benzene rings is 1. The van der Waals surface area contributed by atoms with Crippen molar-refractivity contribution in [3.63, 3.8) is 0 Å². The van der Waals surface area contributed by atoms with E-state index in [4.69, 9.17) is 9.47 Å². The molecule has 1 N–H and O–H groups in total. The van der Waals surface area contributed by atoms with Gasteiger partial charge in [-0.05, 0) is 49.9 Å². The maximum atomic E-state index is 12.1. The first-order chi connectivity index (χ1) is 10.7. The minimum atomic E-state index is -0.107. The Morgan fingerprint density at radius 1 is 1.18 bits per heavy atom. The lowest BCUT2D eigenvalue weighted by Crippen LogP contribution is -2.25. The Bertz CT molecular complexity index is 610. The van der Waals surface area contributed by atoms with Gasteiger partial charge in [0.25, 0.3) is 5.91 Å². The van der Waals surface area contributed by atoms with Gasteiger partial charge in [0.1, 0.15) is 0 Å². The molecule has 5 heteroatoms. The molecule has 0 saturated carbocycles. The summed E-state index contributed by atoms with van der Waals surface area (Å²) in [5.74, 6) is 1.37. The third kappa shape index (κ3) is 4.01. The fraction of sp³-hybridized carbons (Fsp3) is 0.353. The molecule has 1 amide bonds. The summed E-state index contributed by atoms with van der Waals surface area (Å²) in [6.45, 7) is 6.98. The normalized spacial score (nSPS) is 11.8. The highest BCUT2D eigenvalue weighted by Gasteiger charge is 2.14. The van der Waals surface area contributed by atoms with Crippen molar-refractivity contribution in [2.45, 2.75) is 26.8 Å². The first-order valence-corrected chi connectivity index (χ1v) is 8.27. The molecule has 0 bridgehead atoms. The third-order valence-corrected chi connectivity index (χ3v) is 4.03. The van der Waals surface area contributed by atoms with Crippen molar-refractivity contribution < 1.29 is 14.3 Å². The molecule has 0 saturated heterocycles. The molecule has 1 heterocycles. The van der Waals surface area contributed by atoms with Crippen molar-refractivity contribution in [1.82, 2.24) is 5.32 Å². The maximum absolute atomic E-state index is 12.1. The van der Waals surface area contributed by atoms with Crippen molar-refractivity contribution in [2.75, 3.05) is 13.2 Å². The topological polar surface area (TPSA) is 47.6 Å². The number of thiophene rings is 1. The van der Waals surface area contributed by atoms with Crippen LogP contribution in [-0.2, 0) is 0 Å². The van der Waals surface area contributed by atoms with Gasteiger partial charge in [0.2, 0.25) is 0 Å². The molecule has 0 aliphatic heterocycles. The Morgan fingerprint density at radius 3 is 2.55 bits per heavy atom. The van der Waals surface area contributed by atoms with E-state index in [1.807, 2.05) is 56.5 Å². The number of amides is 1. The van der Waals surface area contributed by atoms with E-state index in [2.05, 4.69) is 5.32 Å². The van der Waals surface area contributed by atoms with Crippen LogP contribution in [0.25, 0.3) is 0 Å². The second-order valence-electron chi connectivity index (χ2n) is 4.74. The van der Waals surface area contributed by atoms with Gasteiger partial charge in [0.05, 0.1) is 24.1 Å². The van der Waals surface area contributed by atoms with E-state index in [-0.39, 0.29) is 11.9 Å².